The molecule has 0 unspecified atom stereocenters. The molecule has 0 radical (unpaired) electrons. The Morgan fingerprint density at radius 2 is 0.790 bits per heavy atom. The minimum absolute atomic E-state index is 1.10. The third-order valence-electron chi connectivity index (χ3n) is 12.7. The first kappa shape index (κ1) is 34.9. The first-order valence-electron chi connectivity index (χ1n) is 21.2. The zero-order valence-corrected chi connectivity index (χ0v) is 34.4. The third kappa shape index (κ3) is 5.44. The lowest BCUT2D eigenvalue weighted by Crippen LogP contribution is -2.10. The highest BCUT2D eigenvalue weighted by molar-refractivity contribution is 7.25. The van der Waals surface area contributed by atoms with Crippen LogP contribution in [0.4, 0.5) is 17.1 Å². The molecule has 3 nitrogen and oxygen atoms in total. The summed E-state index contributed by atoms with van der Waals surface area (Å²) in [4.78, 5) is 2.41. The van der Waals surface area contributed by atoms with Crippen molar-refractivity contribution in [2.45, 2.75) is 0 Å². The van der Waals surface area contributed by atoms with Crippen LogP contribution in [0.2, 0.25) is 0 Å². The van der Waals surface area contributed by atoms with Crippen LogP contribution in [-0.4, -0.2) is 9.13 Å². The van der Waals surface area contributed by atoms with Crippen molar-refractivity contribution in [3.8, 4) is 22.5 Å². The smallest absolute Gasteiger partial charge is 0.0561 e. The van der Waals surface area contributed by atoms with Gasteiger partial charge >= 0.3 is 0 Å². The maximum Gasteiger partial charge on any atom is 0.0561 e. The first-order valence-corrected chi connectivity index (χ1v) is 22.0. The monoisotopic (exact) mass is 807 g/mol. The van der Waals surface area contributed by atoms with Gasteiger partial charge < -0.3 is 14.0 Å². The molecular formula is C58H37N3S. The zero-order chi connectivity index (χ0) is 40.7. The van der Waals surface area contributed by atoms with E-state index in [9.17, 15) is 0 Å². The molecule has 3 heterocycles. The molecule has 0 fully saturated rings. The number of hydrogen-bond donors (Lipinski definition) is 0. The summed E-state index contributed by atoms with van der Waals surface area (Å²) in [6.07, 6.45) is 0. The van der Waals surface area contributed by atoms with Crippen molar-refractivity contribution in [3.05, 3.63) is 224 Å². The fourth-order valence-electron chi connectivity index (χ4n) is 9.79. The molecule has 0 aliphatic heterocycles. The van der Waals surface area contributed by atoms with Crippen molar-refractivity contribution in [2.75, 3.05) is 4.90 Å². The SMILES string of the molecule is c1ccc(-n2c3ccccc3c3ccc(N(c4ccc(-c5ccc(-n6c7ccccc7c7cc8ccccc8cc76)cc5)cc4)c4ccc5sc6ccccc6c5c4)cc32)cc1. The summed E-state index contributed by atoms with van der Waals surface area (Å²) in [7, 11) is 0. The normalized spacial score (nSPS) is 11.9. The van der Waals surface area contributed by atoms with Crippen LogP contribution >= 0.6 is 11.3 Å². The second-order valence-corrected chi connectivity index (χ2v) is 17.3. The van der Waals surface area contributed by atoms with Gasteiger partial charge in [-0.3, -0.25) is 0 Å². The largest absolute Gasteiger partial charge is 0.310 e. The van der Waals surface area contributed by atoms with Gasteiger partial charge in [0.1, 0.15) is 0 Å². The summed E-state index contributed by atoms with van der Waals surface area (Å²) in [5.41, 5.74) is 12.8. The van der Waals surface area contributed by atoms with Gasteiger partial charge in [0.25, 0.3) is 0 Å². The van der Waals surface area contributed by atoms with Crippen LogP contribution < -0.4 is 4.90 Å². The summed E-state index contributed by atoms with van der Waals surface area (Å²) >= 11 is 1.85. The molecule has 62 heavy (non-hydrogen) atoms. The van der Waals surface area contributed by atoms with Crippen LogP contribution in [0.3, 0.4) is 0 Å². The molecule has 290 valence electrons. The molecule has 13 rings (SSSR count). The van der Waals surface area contributed by atoms with Crippen molar-refractivity contribution in [2.24, 2.45) is 0 Å². The molecule has 13 aromatic rings. The number of fused-ring (bicyclic) bond motifs is 10. The van der Waals surface area contributed by atoms with Crippen molar-refractivity contribution >= 4 is 103 Å². The molecule has 0 aliphatic rings. The maximum absolute atomic E-state index is 2.41. The number of nitrogens with zero attached hydrogens (tertiary/aromatic N) is 3. The molecule has 0 saturated carbocycles. The standard InChI is InChI=1S/C58H37N3S/c1-2-14-42(15-3-1)60-53-19-9-6-16-47(53)49-32-30-46(37-56(49)60)59(45-31-33-58-52(36-45)50-18-8-11-21-57(50)62-58)43-26-22-38(23-27-43)39-24-28-44(29-25-39)61-54-20-10-7-17-48(54)51-34-40-12-4-5-13-41(40)35-55(51)61/h1-37H. The molecule has 3 aromatic heterocycles. The molecule has 0 N–H and O–H groups in total. The van der Waals surface area contributed by atoms with Crippen LogP contribution in [0.5, 0.6) is 0 Å². The minimum Gasteiger partial charge on any atom is -0.310 e. The minimum atomic E-state index is 1.10. The van der Waals surface area contributed by atoms with Crippen LogP contribution in [0.1, 0.15) is 0 Å². The Morgan fingerprint density at radius 3 is 1.53 bits per heavy atom. The number of aromatic nitrogens is 2. The fraction of sp³-hybridized carbons (Fsp3) is 0. The molecule has 0 amide bonds. The predicted molar refractivity (Wildman–Crippen MR) is 266 cm³/mol. The van der Waals surface area contributed by atoms with Crippen LogP contribution in [0.25, 0.3) is 97.1 Å². The number of thiophene rings is 1. The van der Waals surface area contributed by atoms with Gasteiger partial charge in [-0.05, 0) is 119 Å². The van der Waals surface area contributed by atoms with E-state index in [1.807, 2.05) is 11.3 Å². The van der Waals surface area contributed by atoms with Crippen molar-refractivity contribution in [1.29, 1.82) is 0 Å². The summed E-state index contributed by atoms with van der Waals surface area (Å²) in [5.74, 6) is 0. The highest BCUT2D eigenvalue weighted by Crippen LogP contribution is 2.43. The second kappa shape index (κ2) is 13.8. The van der Waals surface area contributed by atoms with Gasteiger partial charge in [-0.2, -0.15) is 0 Å². The molecule has 0 atom stereocenters. The van der Waals surface area contributed by atoms with Gasteiger partial charge in [0.15, 0.2) is 0 Å². The van der Waals surface area contributed by atoms with Crippen LogP contribution in [0.15, 0.2) is 224 Å². The predicted octanol–water partition coefficient (Wildman–Crippen LogP) is 16.5. The van der Waals surface area contributed by atoms with Gasteiger partial charge in [-0.25, -0.2) is 0 Å². The zero-order valence-electron chi connectivity index (χ0n) is 33.6. The van der Waals surface area contributed by atoms with Crippen molar-refractivity contribution in [3.63, 3.8) is 0 Å². The fourth-order valence-corrected chi connectivity index (χ4v) is 10.9. The average Bonchev–Trinajstić information content (AvgIpc) is 3.98. The van der Waals surface area contributed by atoms with Crippen molar-refractivity contribution in [1.82, 2.24) is 9.13 Å². The van der Waals surface area contributed by atoms with E-state index in [1.54, 1.807) is 0 Å². The van der Waals surface area contributed by atoms with E-state index in [-0.39, 0.29) is 0 Å². The Balaban J connectivity index is 0.932. The van der Waals surface area contributed by atoms with Gasteiger partial charge in [0.05, 0.1) is 22.1 Å². The van der Waals surface area contributed by atoms with E-state index in [0.29, 0.717) is 0 Å². The van der Waals surface area contributed by atoms with Gasteiger partial charge in [-0.15, -0.1) is 11.3 Å². The van der Waals surface area contributed by atoms with E-state index in [4.69, 9.17) is 0 Å². The summed E-state index contributed by atoms with van der Waals surface area (Å²) in [6, 6.07) is 82.3. The first-order chi connectivity index (χ1) is 30.7. The van der Waals surface area contributed by atoms with Gasteiger partial charge in [-0.1, -0.05) is 127 Å². The van der Waals surface area contributed by atoms with E-state index in [1.165, 1.54) is 85.7 Å². The van der Waals surface area contributed by atoms with Crippen LogP contribution in [0, 0.1) is 0 Å². The lowest BCUT2D eigenvalue weighted by molar-refractivity contribution is 1.18. The second-order valence-electron chi connectivity index (χ2n) is 16.2. The lowest BCUT2D eigenvalue weighted by Gasteiger charge is -2.26. The lowest BCUT2D eigenvalue weighted by atomic mass is 10.0. The van der Waals surface area contributed by atoms with E-state index >= 15 is 0 Å². The quantitative estimate of drug-likeness (QED) is 0.163. The van der Waals surface area contributed by atoms with Crippen molar-refractivity contribution < 1.29 is 0 Å². The van der Waals surface area contributed by atoms with Gasteiger partial charge in [0, 0.05) is 70.2 Å². The summed E-state index contributed by atoms with van der Waals surface area (Å²) in [5, 5.41) is 10.1. The third-order valence-corrected chi connectivity index (χ3v) is 13.8. The summed E-state index contributed by atoms with van der Waals surface area (Å²) < 4.78 is 7.41. The Kier molecular flexibility index (Phi) is 7.78. The highest BCUT2D eigenvalue weighted by Gasteiger charge is 2.19. The molecule has 0 bridgehead atoms. The Labute approximate surface area is 362 Å². The maximum atomic E-state index is 2.41. The Hall–Kier alpha value is -7.92. The number of para-hydroxylation sites is 3. The van der Waals surface area contributed by atoms with E-state index in [2.05, 4.69) is 238 Å². The van der Waals surface area contributed by atoms with E-state index in [0.717, 1.165) is 28.4 Å². The summed E-state index contributed by atoms with van der Waals surface area (Å²) in [6.45, 7) is 0. The molecular weight excluding hydrogens is 771 g/mol. The Bertz CT molecular complexity index is 3850. The molecule has 0 spiro atoms. The molecule has 10 aromatic carbocycles. The molecule has 0 saturated heterocycles. The topological polar surface area (TPSA) is 13.1 Å². The number of anilines is 3. The number of benzene rings is 10. The average molecular weight is 808 g/mol. The number of rotatable bonds is 6. The highest BCUT2D eigenvalue weighted by atomic mass is 32.1. The van der Waals surface area contributed by atoms with Gasteiger partial charge in [0.2, 0.25) is 0 Å². The van der Waals surface area contributed by atoms with Crippen LogP contribution in [-0.2, 0) is 0 Å². The number of hydrogen-bond acceptors (Lipinski definition) is 2. The van der Waals surface area contributed by atoms with E-state index < -0.39 is 0 Å². The Morgan fingerprint density at radius 1 is 0.290 bits per heavy atom. The molecule has 4 heteroatoms. The molecule has 0 aliphatic carbocycles.